The maximum Gasteiger partial charge on any atom is 0.191 e. The molecule has 2 N–H and O–H groups in total. The molecule has 2 aromatic carbocycles. The number of hydrogen-bond acceptors (Lipinski definition) is 6. The van der Waals surface area contributed by atoms with Gasteiger partial charge in [-0.1, -0.05) is 6.07 Å². The molecule has 0 aromatic heterocycles. The van der Waals surface area contributed by atoms with E-state index in [4.69, 9.17) is 23.7 Å². The van der Waals surface area contributed by atoms with Crippen molar-refractivity contribution in [3.05, 3.63) is 41.5 Å². The maximum absolute atomic E-state index is 5.66. The fourth-order valence-corrected chi connectivity index (χ4v) is 3.27. The van der Waals surface area contributed by atoms with Crippen LogP contribution < -0.4 is 34.3 Å². The van der Waals surface area contributed by atoms with Gasteiger partial charge in [0.25, 0.3) is 0 Å². The highest BCUT2D eigenvalue weighted by Gasteiger charge is 2.12. The van der Waals surface area contributed by atoms with Crippen molar-refractivity contribution in [2.45, 2.75) is 26.3 Å². The molecule has 0 radical (unpaired) electrons. The van der Waals surface area contributed by atoms with Gasteiger partial charge in [0.05, 0.1) is 35.0 Å². The molecular formula is C24H35N3O5. The summed E-state index contributed by atoms with van der Waals surface area (Å²) in [6.07, 6.45) is 1.86. The molecular weight excluding hydrogens is 410 g/mol. The van der Waals surface area contributed by atoms with E-state index in [1.165, 1.54) is 5.56 Å². The molecule has 176 valence electrons. The Morgan fingerprint density at radius 2 is 1.50 bits per heavy atom. The Bertz CT molecular complexity index is 886. The van der Waals surface area contributed by atoms with E-state index in [0.717, 1.165) is 42.2 Å². The lowest BCUT2D eigenvalue weighted by molar-refractivity contribution is 0.310. The second-order valence-electron chi connectivity index (χ2n) is 6.89. The van der Waals surface area contributed by atoms with Crippen LogP contribution in [0.25, 0.3) is 0 Å². The Hall–Kier alpha value is -3.29. The molecule has 0 saturated carbocycles. The minimum Gasteiger partial charge on any atom is -0.496 e. The van der Waals surface area contributed by atoms with Gasteiger partial charge in [-0.3, -0.25) is 4.99 Å². The van der Waals surface area contributed by atoms with Gasteiger partial charge in [-0.25, -0.2) is 0 Å². The SMILES string of the molecule is CCOc1cc(CCCNC(=NC)NCc2cc(OC)c(OC)cc2OC)ccc1OC. The highest BCUT2D eigenvalue weighted by molar-refractivity contribution is 5.79. The van der Waals surface area contributed by atoms with E-state index in [1.54, 1.807) is 35.5 Å². The van der Waals surface area contributed by atoms with Gasteiger partial charge >= 0.3 is 0 Å². The monoisotopic (exact) mass is 445 g/mol. The van der Waals surface area contributed by atoms with E-state index in [1.807, 2.05) is 31.2 Å². The molecule has 2 rings (SSSR count). The van der Waals surface area contributed by atoms with Gasteiger partial charge in [0.15, 0.2) is 29.0 Å². The summed E-state index contributed by atoms with van der Waals surface area (Å²) >= 11 is 0. The van der Waals surface area contributed by atoms with Gasteiger partial charge in [-0.05, 0) is 43.5 Å². The number of guanidine groups is 1. The van der Waals surface area contributed by atoms with Crippen molar-refractivity contribution in [3.8, 4) is 28.7 Å². The zero-order valence-electron chi connectivity index (χ0n) is 19.9. The van der Waals surface area contributed by atoms with Crippen LogP contribution in [0.5, 0.6) is 28.7 Å². The molecule has 0 aliphatic carbocycles. The fraction of sp³-hybridized carbons (Fsp3) is 0.458. The second kappa shape index (κ2) is 13.2. The Morgan fingerprint density at radius 1 is 0.812 bits per heavy atom. The Balaban J connectivity index is 1.88. The highest BCUT2D eigenvalue weighted by Crippen LogP contribution is 2.34. The number of benzene rings is 2. The average Bonchev–Trinajstić information content (AvgIpc) is 2.83. The summed E-state index contributed by atoms with van der Waals surface area (Å²) in [7, 11) is 8.25. The first-order valence-corrected chi connectivity index (χ1v) is 10.6. The Kier molecular flexibility index (Phi) is 10.3. The lowest BCUT2D eigenvalue weighted by atomic mass is 10.1. The molecule has 0 fully saturated rings. The summed E-state index contributed by atoms with van der Waals surface area (Å²) < 4.78 is 27.2. The number of aliphatic imine (C=N–C) groups is 1. The molecule has 0 atom stereocenters. The summed E-state index contributed by atoms with van der Waals surface area (Å²) in [6, 6.07) is 9.77. The normalized spacial score (nSPS) is 11.0. The Morgan fingerprint density at radius 3 is 2.12 bits per heavy atom. The van der Waals surface area contributed by atoms with Crippen LogP contribution in [-0.2, 0) is 13.0 Å². The van der Waals surface area contributed by atoms with Crippen molar-refractivity contribution in [2.75, 3.05) is 48.6 Å². The predicted octanol–water partition coefficient (Wildman–Crippen LogP) is 3.42. The summed E-state index contributed by atoms with van der Waals surface area (Å²) in [5, 5.41) is 6.66. The third kappa shape index (κ3) is 6.87. The first kappa shape index (κ1) is 25.0. The molecule has 32 heavy (non-hydrogen) atoms. The van der Waals surface area contributed by atoms with E-state index in [0.29, 0.717) is 30.6 Å². The van der Waals surface area contributed by atoms with Crippen LogP contribution in [0.3, 0.4) is 0 Å². The van der Waals surface area contributed by atoms with Crippen molar-refractivity contribution in [2.24, 2.45) is 4.99 Å². The smallest absolute Gasteiger partial charge is 0.191 e. The Labute approximate surface area is 190 Å². The van der Waals surface area contributed by atoms with Crippen LogP contribution in [0.4, 0.5) is 0 Å². The first-order valence-electron chi connectivity index (χ1n) is 10.6. The van der Waals surface area contributed by atoms with Crippen LogP contribution >= 0.6 is 0 Å². The van der Waals surface area contributed by atoms with E-state index < -0.39 is 0 Å². The summed E-state index contributed by atoms with van der Waals surface area (Å²) in [6.45, 7) is 3.87. The highest BCUT2D eigenvalue weighted by atomic mass is 16.5. The average molecular weight is 446 g/mol. The van der Waals surface area contributed by atoms with Gasteiger partial charge in [0.1, 0.15) is 5.75 Å². The van der Waals surface area contributed by atoms with Crippen LogP contribution in [0.1, 0.15) is 24.5 Å². The number of aryl methyl sites for hydroxylation is 1. The maximum atomic E-state index is 5.66. The van der Waals surface area contributed by atoms with Crippen molar-refractivity contribution >= 4 is 5.96 Å². The number of nitrogens with zero attached hydrogens (tertiary/aromatic N) is 1. The molecule has 0 amide bonds. The second-order valence-corrected chi connectivity index (χ2v) is 6.89. The molecule has 0 spiro atoms. The molecule has 0 unspecified atom stereocenters. The van der Waals surface area contributed by atoms with Crippen LogP contribution in [0.2, 0.25) is 0 Å². The largest absolute Gasteiger partial charge is 0.496 e. The molecule has 0 aliphatic rings. The minimum atomic E-state index is 0.527. The number of ether oxygens (including phenoxy) is 5. The van der Waals surface area contributed by atoms with E-state index in [2.05, 4.69) is 21.7 Å². The van der Waals surface area contributed by atoms with Crippen molar-refractivity contribution < 1.29 is 23.7 Å². The van der Waals surface area contributed by atoms with Crippen LogP contribution in [0, 0.1) is 0 Å². The molecule has 8 nitrogen and oxygen atoms in total. The van der Waals surface area contributed by atoms with E-state index in [-0.39, 0.29) is 0 Å². The van der Waals surface area contributed by atoms with Crippen LogP contribution in [0.15, 0.2) is 35.3 Å². The predicted molar refractivity (Wildman–Crippen MR) is 127 cm³/mol. The number of hydrogen-bond donors (Lipinski definition) is 2. The number of nitrogens with one attached hydrogen (secondary N) is 2. The van der Waals surface area contributed by atoms with Crippen LogP contribution in [-0.4, -0.2) is 54.6 Å². The molecule has 0 saturated heterocycles. The quantitative estimate of drug-likeness (QED) is 0.294. The molecule has 0 aliphatic heterocycles. The lowest BCUT2D eigenvalue weighted by Crippen LogP contribution is -2.37. The van der Waals surface area contributed by atoms with E-state index >= 15 is 0 Å². The molecule has 8 heteroatoms. The first-order chi connectivity index (χ1) is 15.6. The van der Waals surface area contributed by atoms with Crippen molar-refractivity contribution in [1.29, 1.82) is 0 Å². The topological polar surface area (TPSA) is 82.6 Å². The third-order valence-corrected chi connectivity index (χ3v) is 4.92. The molecule has 0 heterocycles. The standard InChI is InChI=1S/C24H35N3O5/c1-7-32-23-13-17(10-11-19(23)28-3)9-8-12-26-24(25-2)27-16-18-14-21(30-5)22(31-6)15-20(18)29-4/h10-11,13-15H,7-9,12,16H2,1-6H3,(H2,25,26,27). The zero-order valence-corrected chi connectivity index (χ0v) is 19.9. The van der Waals surface area contributed by atoms with Gasteiger partial charge in [0, 0.05) is 31.8 Å². The van der Waals surface area contributed by atoms with Gasteiger partial charge < -0.3 is 34.3 Å². The zero-order chi connectivity index (χ0) is 23.3. The van der Waals surface area contributed by atoms with Crippen molar-refractivity contribution in [3.63, 3.8) is 0 Å². The van der Waals surface area contributed by atoms with E-state index in [9.17, 15) is 0 Å². The van der Waals surface area contributed by atoms with Gasteiger partial charge in [0.2, 0.25) is 0 Å². The molecule has 2 aromatic rings. The summed E-state index contributed by atoms with van der Waals surface area (Å²) in [5.74, 6) is 4.24. The van der Waals surface area contributed by atoms with Crippen molar-refractivity contribution in [1.82, 2.24) is 10.6 Å². The fourth-order valence-electron chi connectivity index (χ4n) is 3.27. The van der Waals surface area contributed by atoms with Gasteiger partial charge in [-0.15, -0.1) is 0 Å². The van der Waals surface area contributed by atoms with Gasteiger partial charge in [-0.2, -0.15) is 0 Å². The minimum absolute atomic E-state index is 0.527. The molecule has 0 bridgehead atoms. The summed E-state index contributed by atoms with van der Waals surface area (Å²) in [4.78, 5) is 4.30. The number of rotatable bonds is 12. The third-order valence-electron chi connectivity index (χ3n) is 4.92. The number of methoxy groups -OCH3 is 4. The summed E-state index contributed by atoms with van der Waals surface area (Å²) in [5.41, 5.74) is 2.14. The lowest BCUT2D eigenvalue weighted by Gasteiger charge is -2.16.